The molecular weight excluding hydrogens is 276 g/mol. The van der Waals surface area contributed by atoms with Crippen LogP contribution in [0.5, 0.6) is 0 Å². The molecule has 4 atom stereocenters. The molecule has 0 heterocycles. The fraction of sp³-hybridized carbons (Fsp3) is 0.857. The summed E-state index contributed by atoms with van der Waals surface area (Å²) in [5.74, 6) is -0.754. The van der Waals surface area contributed by atoms with Gasteiger partial charge in [-0.3, -0.25) is 9.59 Å². The van der Waals surface area contributed by atoms with Gasteiger partial charge in [-0.2, -0.15) is 0 Å². The van der Waals surface area contributed by atoms with Crippen molar-refractivity contribution in [3.05, 3.63) is 0 Å². The molecule has 0 spiro atoms. The molecule has 2 rings (SSSR count). The molecule has 2 aliphatic rings. The number of carbonyl (C=O) groups is 2. The predicted molar refractivity (Wildman–Crippen MR) is 78.8 cm³/mol. The van der Waals surface area contributed by atoms with Gasteiger partial charge in [0.25, 0.3) is 0 Å². The number of carboxylic acids is 2. The Kier molecular flexibility index (Phi) is 6.79. The fourth-order valence-corrected chi connectivity index (χ4v) is 3.05. The first-order valence-electron chi connectivity index (χ1n) is 7.13. The zero-order valence-corrected chi connectivity index (χ0v) is 12.8. The van der Waals surface area contributed by atoms with Crippen LogP contribution in [0.4, 0.5) is 0 Å². The summed E-state index contributed by atoms with van der Waals surface area (Å²) < 4.78 is 0. The Hall–Kier alpha value is -1.18. The van der Waals surface area contributed by atoms with E-state index in [2.05, 4.69) is 0 Å². The van der Waals surface area contributed by atoms with E-state index < -0.39 is 23.0 Å². The molecular formula is C14H28N2O5. The molecule has 0 amide bonds. The minimum Gasteiger partial charge on any atom is -0.480 e. The first-order chi connectivity index (χ1) is 9.09. The third-order valence-electron chi connectivity index (χ3n) is 4.44. The number of aliphatic carboxylic acids is 2. The van der Waals surface area contributed by atoms with Crippen LogP contribution in [0.3, 0.4) is 0 Å². The van der Waals surface area contributed by atoms with Crippen LogP contribution < -0.4 is 11.5 Å². The molecule has 21 heavy (non-hydrogen) atoms. The van der Waals surface area contributed by atoms with E-state index in [1.165, 1.54) is 0 Å². The van der Waals surface area contributed by atoms with E-state index in [1.807, 2.05) is 13.8 Å². The normalized spacial score (nSPS) is 38.1. The molecule has 0 unspecified atom stereocenters. The van der Waals surface area contributed by atoms with Crippen LogP contribution in [0.2, 0.25) is 0 Å². The van der Waals surface area contributed by atoms with Gasteiger partial charge in [-0.05, 0) is 50.4 Å². The summed E-state index contributed by atoms with van der Waals surface area (Å²) in [4.78, 5) is 21.1. The molecule has 7 heteroatoms. The van der Waals surface area contributed by atoms with Gasteiger partial charge in [0, 0.05) is 0 Å². The van der Waals surface area contributed by atoms with Crippen molar-refractivity contribution in [3.8, 4) is 0 Å². The van der Waals surface area contributed by atoms with Gasteiger partial charge < -0.3 is 27.2 Å². The largest absolute Gasteiger partial charge is 0.480 e. The van der Waals surface area contributed by atoms with Gasteiger partial charge in [-0.25, -0.2) is 0 Å². The molecule has 7 nitrogen and oxygen atoms in total. The van der Waals surface area contributed by atoms with Crippen molar-refractivity contribution in [2.24, 2.45) is 23.3 Å². The maximum atomic E-state index is 10.5. The maximum Gasteiger partial charge on any atom is 0.323 e. The summed E-state index contributed by atoms with van der Waals surface area (Å²) in [7, 11) is 0. The minimum atomic E-state index is -0.917. The van der Waals surface area contributed by atoms with Crippen molar-refractivity contribution in [3.63, 3.8) is 0 Å². The smallest absolute Gasteiger partial charge is 0.323 e. The Morgan fingerprint density at radius 1 is 0.905 bits per heavy atom. The molecule has 0 aromatic heterocycles. The lowest BCUT2D eigenvalue weighted by molar-refractivity contribution is -0.144. The van der Waals surface area contributed by atoms with Crippen LogP contribution in [0.25, 0.3) is 0 Å². The Bertz CT molecular complexity index is 354. The Morgan fingerprint density at radius 3 is 1.29 bits per heavy atom. The number of rotatable bonds is 2. The van der Waals surface area contributed by atoms with Gasteiger partial charge in [0.2, 0.25) is 0 Å². The van der Waals surface area contributed by atoms with Crippen LogP contribution in [0.1, 0.15) is 52.4 Å². The second-order valence-electron chi connectivity index (χ2n) is 6.62. The Balaban J connectivity index is 0.000000364. The van der Waals surface area contributed by atoms with Crippen LogP contribution in [0.15, 0.2) is 0 Å². The molecule has 0 bridgehead atoms. The monoisotopic (exact) mass is 304 g/mol. The summed E-state index contributed by atoms with van der Waals surface area (Å²) in [5.41, 5.74) is 9.35. The van der Waals surface area contributed by atoms with Crippen LogP contribution in [0, 0.1) is 11.8 Å². The van der Waals surface area contributed by atoms with Crippen molar-refractivity contribution in [1.82, 2.24) is 0 Å². The number of carboxylic acid groups (broad SMARTS) is 2. The first kappa shape index (κ1) is 19.8. The second-order valence-corrected chi connectivity index (χ2v) is 6.62. The maximum absolute atomic E-state index is 10.5. The lowest BCUT2D eigenvalue weighted by Gasteiger charge is -2.16. The fourth-order valence-electron chi connectivity index (χ4n) is 3.05. The SMILES string of the molecule is C[C@@H]1CC[C@](N)(C(=O)O)C1.C[C@@H]1CC[C@](N)(C(=O)O)C1.O. The summed E-state index contributed by atoms with van der Waals surface area (Å²) in [6.45, 7) is 4.08. The van der Waals surface area contributed by atoms with Crippen molar-refractivity contribution in [1.29, 1.82) is 0 Å². The molecule has 0 aromatic rings. The lowest BCUT2D eigenvalue weighted by atomic mass is 9.98. The van der Waals surface area contributed by atoms with Crippen molar-refractivity contribution in [2.75, 3.05) is 0 Å². The topological polar surface area (TPSA) is 158 Å². The number of hydrogen-bond acceptors (Lipinski definition) is 4. The molecule has 124 valence electrons. The van der Waals surface area contributed by atoms with E-state index in [-0.39, 0.29) is 5.48 Å². The van der Waals surface area contributed by atoms with E-state index in [0.717, 1.165) is 12.8 Å². The van der Waals surface area contributed by atoms with E-state index in [4.69, 9.17) is 21.7 Å². The van der Waals surface area contributed by atoms with Crippen molar-refractivity contribution < 1.29 is 25.3 Å². The highest BCUT2D eigenvalue weighted by Gasteiger charge is 2.40. The summed E-state index contributed by atoms with van der Waals surface area (Å²) >= 11 is 0. The average molecular weight is 304 g/mol. The van der Waals surface area contributed by atoms with Gasteiger partial charge in [-0.15, -0.1) is 0 Å². The molecule has 0 saturated heterocycles. The highest BCUT2D eigenvalue weighted by Crippen LogP contribution is 2.32. The van der Waals surface area contributed by atoms with E-state index in [1.54, 1.807) is 0 Å². The van der Waals surface area contributed by atoms with E-state index >= 15 is 0 Å². The Morgan fingerprint density at radius 2 is 1.19 bits per heavy atom. The van der Waals surface area contributed by atoms with Gasteiger partial charge in [-0.1, -0.05) is 13.8 Å². The van der Waals surface area contributed by atoms with Gasteiger partial charge in [0.05, 0.1) is 0 Å². The van der Waals surface area contributed by atoms with Gasteiger partial charge in [0.1, 0.15) is 11.1 Å². The standard InChI is InChI=1S/2C7H13NO2.H2O/c2*1-5-2-3-7(8,4-5)6(9)10;/h2*5H,2-4,8H2,1H3,(H,9,10);1H2/t2*5-,7-;/m11./s1. The highest BCUT2D eigenvalue weighted by atomic mass is 16.4. The molecule has 2 fully saturated rings. The van der Waals surface area contributed by atoms with Crippen LogP contribution in [-0.2, 0) is 9.59 Å². The van der Waals surface area contributed by atoms with Crippen molar-refractivity contribution in [2.45, 2.75) is 63.5 Å². The van der Waals surface area contributed by atoms with Crippen LogP contribution >= 0.6 is 0 Å². The van der Waals surface area contributed by atoms with Crippen LogP contribution in [-0.4, -0.2) is 38.7 Å². The van der Waals surface area contributed by atoms with E-state index in [0.29, 0.717) is 37.5 Å². The summed E-state index contributed by atoms with van der Waals surface area (Å²) in [5, 5.41) is 17.3. The van der Waals surface area contributed by atoms with Crippen molar-refractivity contribution >= 4 is 11.9 Å². The zero-order chi connectivity index (χ0) is 15.6. The predicted octanol–water partition coefficient (Wildman–Crippen LogP) is 0.352. The molecule has 2 aliphatic carbocycles. The second kappa shape index (κ2) is 7.20. The van der Waals surface area contributed by atoms with Gasteiger partial charge in [0.15, 0.2) is 0 Å². The zero-order valence-electron chi connectivity index (χ0n) is 12.8. The summed E-state index contributed by atoms with van der Waals surface area (Å²) in [6.07, 6.45) is 4.41. The molecule has 0 aliphatic heterocycles. The quantitative estimate of drug-likeness (QED) is 0.576. The van der Waals surface area contributed by atoms with E-state index in [9.17, 15) is 9.59 Å². The molecule has 0 radical (unpaired) electrons. The number of hydrogen-bond donors (Lipinski definition) is 4. The van der Waals surface area contributed by atoms with Gasteiger partial charge >= 0.3 is 11.9 Å². The lowest BCUT2D eigenvalue weighted by Crippen LogP contribution is -2.45. The highest BCUT2D eigenvalue weighted by molar-refractivity contribution is 5.79. The third-order valence-corrected chi connectivity index (χ3v) is 4.44. The first-order valence-corrected chi connectivity index (χ1v) is 7.13. The molecule has 2 saturated carbocycles. The third kappa shape index (κ3) is 4.94. The molecule has 8 N–H and O–H groups in total. The summed E-state index contributed by atoms with van der Waals surface area (Å²) in [6, 6.07) is 0. The average Bonchev–Trinajstić information content (AvgIpc) is 2.85. The minimum absolute atomic E-state index is 0. The number of nitrogens with two attached hydrogens (primary N) is 2. The molecule has 0 aromatic carbocycles. The Labute approximate surface area is 125 Å².